The summed E-state index contributed by atoms with van der Waals surface area (Å²) in [5.74, 6) is 0.977. The highest BCUT2D eigenvalue weighted by Crippen LogP contribution is 2.46. The SMILES string of the molecule is O=C1CNC(=O)N1C1C2CNCC21. The quantitative estimate of drug-likeness (QED) is 0.497. The molecule has 0 aromatic rings. The van der Waals surface area contributed by atoms with Crippen molar-refractivity contribution in [2.24, 2.45) is 11.8 Å². The summed E-state index contributed by atoms with van der Waals surface area (Å²) < 4.78 is 0. The molecule has 5 nitrogen and oxygen atoms in total. The average molecular weight is 181 g/mol. The fraction of sp³-hybridized carbons (Fsp3) is 0.750. The van der Waals surface area contributed by atoms with E-state index in [2.05, 4.69) is 10.6 Å². The van der Waals surface area contributed by atoms with Crippen LogP contribution in [0.25, 0.3) is 0 Å². The number of urea groups is 1. The molecule has 13 heavy (non-hydrogen) atoms. The molecule has 2 aliphatic heterocycles. The molecule has 0 aromatic heterocycles. The highest BCUT2D eigenvalue weighted by Gasteiger charge is 2.59. The molecule has 3 aliphatic rings. The van der Waals surface area contributed by atoms with Gasteiger partial charge >= 0.3 is 6.03 Å². The number of nitrogens with one attached hydrogen (secondary N) is 2. The van der Waals surface area contributed by atoms with Gasteiger partial charge in [0, 0.05) is 13.1 Å². The number of hydrogen-bond acceptors (Lipinski definition) is 3. The van der Waals surface area contributed by atoms with Crippen LogP contribution in [0.3, 0.4) is 0 Å². The summed E-state index contributed by atoms with van der Waals surface area (Å²) in [5, 5.41) is 5.78. The minimum atomic E-state index is -0.204. The number of hydrogen-bond donors (Lipinski definition) is 2. The number of fused-ring (bicyclic) bond motifs is 1. The Morgan fingerprint density at radius 3 is 2.46 bits per heavy atom. The maximum Gasteiger partial charge on any atom is 0.324 e. The fourth-order valence-electron chi connectivity index (χ4n) is 2.51. The summed E-state index contributed by atoms with van der Waals surface area (Å²) in [6, 6.07) is -0.0133. The third kappa shape index (κ3) is 0.848. The van der Waals surface area contributed by atoms with Crippen molar-refractivity contribution in [3.63, 3.8) is 0 Å². The number of carbonyl (C=O) groups excluding carboxylic acids is 2. The highest BCUT2D eigenvalue weighted by molar-refractivity contribution is 6.02. The van der Waals surface area contributed by atoms with Gasteiger partial charge in [-0.15, -0.1) is 0 Å². The number of imide groups is 1. The standard InChI is InChI=1S/C8H11N3O2/c12-6-3-10-8(13)11(6)7-4-1-9-2-5(4)7/h4-5,7,9H,1-3H2,(H,10,13). The minimum Gasteiger partial charge on any atom is -0.329 e. The molecule has 3 amide bonds. The maximum absolute atomic E-state index is 11.3. The summed E-state index contributed by atoms with van der Waals surface area (Å²) in [6.45, 7) is 2.08. The summed E-state index contributed by atoms with van der Waals surface area (Å²) in [4.78, 5) is 24.0. The molecule has 5 heteroatoms. The van der Waals surface area contributed by atoms with Crippen LogP contribution in [0.4, 0.5) is 4.79 Å². The monoisotopic (exact) mass is 181 g/mol. The zero-order valence-electron chi connectivity index (χ0n) is 7.12. The van der Waals surface area contributed by atoms with Crippen molar-refractivity contribution in [2.75, 3.05) is 19.6 Å². The third-order valence-electron chi connectivity index (χ3n) is 3.22. The summed E-state index contributed by atoms with van der Waals surface area (Å²) in [6.07, 6.45) is 0. The van der Waals surface area contributed by atoms with Gasteiger partial charge in [-0.05, 0) is 11.8 Å². The first-order valence-corrected chi connectivity index (χ1v) is 4.59. The molecule has 3 rings (SSSR count). The van der Waals surface area contributed by atoms with E-state index >= 15 is 0 Å². The highest BCUT2D eigenvalue weighted by atomic mass is 16.2. The molecular formula is C8H11N3O2. The number of carbonyl (C=O) groups is 2. The third-order valence-corrected chi connectivity index (χ3v) is 3.22. The predicted molar refractivity (Wildman–Crippen MR) is 43.9 cm³/mol. The van der Waals surface area contributed by atoms with E-state index in [1.54, 1.807) is 0 Å². The van der Waals surface area contributed by atoms with Crippen molar-refractivity contribution in [3.05, 3.63) is 0 Å². The molecule has 2 N–H and O–H groups in total. The molecule has 1 saturated carbocycles. The van der Waals surface area contributed by atoms with Crippen molar-refractivity contribution in [1.82, 2.24) is 15.5 Å². The molecule has 0 spiro atoms. The Morgan fingerprint density at radius 1 is 1.23 bits per heavy atom. The van der Waals surface area contributed by atoms with Gasteiger partial charge in [0.1, 0.15) is 0 Å². The van der Waals surface area contributed by atoms with Crippen LogP contribution in [0.5, 0.6) is 0 Å². The lowest BCUT2D eigenvalue weighted by Gasteiger charge is -2.14. The first-order valence-electron chi connectivity index (χ1n) is 4.59. The van der Waals surface area contributed by atoms with Gasteiger partial charge < -0.3 is 10.6 Å². The molecule has 0 bridgehead atoms. The predicted octanol–water partition coefficient (Wildman–Crippen LogP) is -1.24. The van der Waals surface area contributed by atoms with Crippen LogP contribution < -0.4 is 10.6 Å². The van der Waals surface area contributed by atoms with Crippen molar-refractivity contribution in [2.45, 2.75) is 6.04 Å². The Morgan fingerprint density at radius 2 is 1.92 bits per heavy atom. The van der Waals surface area contributed by atoms with E-state index in [0.717, 1.165) is 13.1 Å². The second kappa shape index (κ2) is 2.23. The summed E-state index contributed by atoms with van der Waals surface area (Å²) >= 11 is 0. The lowest BCUT2D eigenvalue weighted by atomic mass is 10.4. The second-order valence-electron chi connectivity index (χ2n) is 3.90. The molecule has 0 aromatic carbocycles. The molecular weight excluding hydrogens is 170 g/mol. The van der Waals surface area contributed by atoms with Crippen molar-refractivity contribution < 1.29 is 9.59 Å². The van der Waals surface area contributed by atoms with E-state index in [0.29, 0.717) is 11.8 Å². The smallest absolute Gasteiger partial charge is 0.324 e. The van der Waals surface area contributed by atoms with Gasteiger partial charge in [-0.2, -0.15) is 0 Å². The number of nitrogens with zero attached hydrogens (tertiary/aromatic N) is 1. The van der Waals surface area contributed by atoms with E-state index < -0.39 is 0 Å². The maximum atomic E-state index is 11.3. The topological polar surface area (TPSA) is 61.4 Å². The number of amides is 3. The zero-order chi connectivity index (χ0) is 9.00. The molecule has 0 radical (unpaired) electrons. The van der Waals surface area contributed by atoms with E-state index in [9.17, 15) is 9.59 Å². The normalized spacial score (nSPS) is 42.2. The Balaban J connectivity index is 1.79. The van der Waals surface area contributed by atoms with Gasteiger partial charge in [-0.25, -0.2) is 4.79 Å². The van der Waals surface area contributed by atoms with Crippen LogP contribution in [0.15, 0.2) is 0 Å². The Bertz CT molecular complexity index is 265. The second-order valence-corrected chi connectivity index (χ2v) is 3.90. The van der Waals surface area contributed by atoms with Crippen molar-refractivity contribution >= 4 is 11.9 Å². The van der Waals surface area contributed by atoms with E-state index in [-0.39, 0.29) is 24.5 Å². The van der Waals surface area contributed by atoms with Crippen LogP contribution >= 0.6 is 0 Å². The van der Waals surface area contributed by atoms with Crippen LogP contribution in [-0.2, 0) is 4.79 Å². The van der Waals surface area contributed by atoms with Gasteiger partial charge in [-0.1, -0.05) is 0 Å². The van der Waals surface area contributed by atoms with E-state index in [4.69, 9.17) is 0 Å². The Kier molecular flexibility index (Phi) is 1.25. The fourth-order valence-corrected chi connectivity index (χ4v) is 2.51. The van der Waals surface area contributed by atoms with Gasteiger partial charge in [0.05, 0.1) is 12.6 Å². The first kappa shape index (κ1) is 7.32. The van der Waals surface area contributed by atoms with Crippen LogP contribution in [0.2, 0.25) is 0 Å². The van der Waals surface area contributed by atoms with Gasteiger partial charge in [-0.3, -0.25) is 9.69 Å². The largest absolute Gasteiger partial charge is 0.329 e. The molecule has 3 fully saturated rings. The van der Waals surface area contributed by atoms with Crippen LogP contribution in [-0.4, -0.2) is 42.5 Å². The first-order chi connectivity index (χ1) is 6.29. The number of piperidine rings is 1. The van der Waals surface area contributed by atoms with Gasteiger partial charge in [0.2, 0.25) is 5.91 Å². The lowest BCUT2D eigenvalue weighted by Crippen LogP contribution is -2.37. The summed E-state index contributed by atoms with van der Waals surface area (Å²) in [7, 11) is 0. The van der Waals surface area contributed by atoms with Gasteiger partial charge in [0.15, 0.2) is 0 Å². The van der Waals surface area contributed by atoms with Crippen LogP contribution in [0.1, 0.15) is 0 Å². The molecule has 1 aliphatic carbocycles. The van der Waals surface area contributed by atoms with Crippen molar-refractivity contribution in [3.8, 4) is 0 Å². The molecule has 2 atom stereocenters. The van der Waals surface area contributed by atoms with E-state index in [1.807, 2.05) is 0 Å². The van der Waals surface area contributed by atoms with Crippen LogP contribution in [0, 0.1) is 11.8 Å². The Hall–Kier alpha value is -1.10. The number of rotatable bonds is 1. The van der Waals surface area contributed by atoms with Crippen molar-refractivity contribution in [1.29, 1.82) is 0 Å². The minimum absolute atomic E-state index is 0.0654. The summed E-state index contributed by atoms with van der Waals surface area (Å²) in [5.41, 5.74) is 0. The lowest BCUT2D eigenvalue weighted by molar-refractivity contribution is -0.125. The molecule has 2 heterocycles. The Labute approximate surface area is 75.5 Å². The zero-order valence-corrected chi connectivity index (χ0v) is 7.12. The molecule has 2 unspecified atom stereocenters. The molecule has 70 valence electrons. The molecule has 2 saturated heterocycles. The van der Waals surface area contributed by atoms with Gasteiger partial charge in [0.25, 0.3) is 0 Å². The van der Waals surface area contributed by atoms with E-state index in [1.165, 1.54) is 4.90 Å². The average Bonchev–Trinajstić information content (AvgIpc) is 2.51.